The Morgan fingerprint density at radius 1 is 1.23 bits per heavy atom. The van der Waals surface area contributed by atoms with E-state index >= 15 is 0 Å². The third-order valence-corrected chi connectivity index (χ3v) is 5.27. The Hall–Kier alpha value is -0.850. The van der Waals surface area contributed by atoms with Crippen LogP contribution in [0.15, 0.2) is 24.3 Å². The molecular formula is C19H31Cl2N3O2. The van der Waals surface area contributed by atoms with Crippen LogP contribution in [0, 0.1) is 18.8 Å². The topological polar surface area (TPSA) is 53.6 Å². The smallest absolute Gasteiger partial charge is 0.223 e. The third-order valence-electron chi connectivity index (χ3n) is 5.27. The second-order valence-electron chi connectivity index (χ2n) is 7.09. The first-order chi connectivity index (χ1) is 11.6. The average molecular weight is 404 g/mol. The van der Waals surface area contributed by atoms with Crippen molar-refractivity contribution < 1.29 is 9.53 Å². The van der Waals surface area contributed by atoms with Crippen LogP contribution >= 0.6 is 24.8 Å². The van der Waals surface area contributed by atoms with Crippen LogP contribution in [0.1, 0.15) is 24.1 Å². The van der Waals surface area contributed by atoms with Gasteiger partial charge in [0, 0.05) is 25.6 Å². The van der Waals surface area contributed by atoms with Crippen molar-refractivity contribution in [1.82, 2.24) is 15.5 Å². The Morgan fingerprint density at radius 3 is 2.38 bits per heavy atom. The van der Waals surface area contributed by atoms with Crippen LogP contribution in [-0.4, -0.2) is 56.7 Å². The molecule has 0 aliphatic carbocycles. The number of carbonyl (C=O) groups is 1. The van der Waals surface area contributed by atoms with Gasteiger partial charge in [-0.1, -0.05) is 36.8 Å². The summed E-state index contributed by atoms with van der Waals surface area (Å²) in [5.74, 6) is 0.691. The van der Waals surface area contributed by atoms with Crippen molar-refractivity contribution >= 4 is 30.7 Å². The lowest BCUT2D eigenvalue weighted by atomic mass is 9.88. The molecule has 2 saturated heterocycles. The van der Waals surface area contributed by atoms with E-state index in [-0.39, 0.29) is 42.7 Å². The number of amides is 1. The van der Waals surface area contributed by atoms with Crippen LogP contribution in [0.2, 0.25) is 0 Å². The van der Waals surface area contributed by atoms with Gasteiger partial charge in [0.25, 0.3) is 0 Å². The summed E-state index contributed by atoms with van der Waals surface area (Å²) in [6, 6.07) is 8.54. The van der Waals surface area contributed by atoms with E-state index < -0.39 is 0 Å². The molecule has 2 atom stereocenters. The average Bonchev–Trinajstić information content (AvgIpc) is 2.54. The number of hydrogen-bond acceptors (Lipinski definition) is 4. The van der Waals surface area contributed by atoms with Gasteiger partial charge in [-0.2, -0.15) is 0 Å². The Labute approximate surface area is 169 Å². The molecule has 2 N–H and O–H groups in total. The summed E-state index contributed by atoms with van der Waals surface area (Å²) in [6.07, 6.45) is 0. The highest BCUT2D eigenvalue weighted by Crippen LogP contribution is 2.20. The highest BCUT2D eigenvalue weighted by Gasteiger charge is 2.30. The largest absolute Gasteiger partial charge is 0.379 e. The van der Waals surface area contributed by atoms with Gasteiger partial charge >= 0.3 is 0 Å². The molecule has 1 amide bonds. The van der Waals surface area contributed by atoms with E-state index in [0.717, 1.165) is 45.9 Å². The predicted molar refractivity (Wildman–Crippen MR) is 109 cm³/mol. The van der Waals surface area contributed by atoms with Crippen LogP contribution in [0.25, 0.3) is 0 Å². The molecule has 1 aromatic rings. The molecule has 2 aliphatic heterocycles. The highest BCUT2D eigenvalue weighted by atomic mass is 35.5. The number of ether oxygens (including phenoxy) is 1. The van der Waals surface area contributed by atoms with Crippen LogP contribution in [0.4, 0.5) is 0 Å². The fraction of sp³-hybridized carbons (Fsp3) is 0.632. The maximum atomic E-state index is 12.7. The number of carbonyl (C=O) groups excluding carboxylic acids is 1. The molecule has 3 rings (SSSR count). The maximum Gasteiger partial charge on any atom is 0.223 e. The summed E-state index contributed by atoms with van der Waals surface area (Å²) >= 11 is 0. The molecule has 0 bridgehead atoms. The van der Waals surface area contributed by atoms with Crippen molar-refractivity contribution in [3.05, 3.63) is 35.4 Å². The molecule has 26 heavy (non-hydrogen) atoms. The molecule has 2 fully saturated rings. The Kier molecular flexibility index (Phi) is 9.90. The van der Waals surface area contributed by atoms with Crippen LogP contribution in [0.5, 0.6) is 0 Å². The summed E-state index contributed by atoms with van der Waals surface area (Å²) in [5, 5.41) is 6.55. The van der Waals surface area contributed by atoms with Crippen LogP contribution < -0.4 is 10.6 Å². The molecule has 7 heteroatoms. The van der Waals surface area contributed by atoms with E-state index in [0.29, 0.717) is 5.92 Å². The zero-order valence-electron chi connectivity index (χ0n) is 15.6. The first-order valence-electron chi connectivity index (χ1n) is 9.01. The Bertz CT molecular complexity index is 546. The minimum absolute atomic E-state index is 0. The number of morpholine rings is 1. The number of hydrogen-bond donors (Lipinski definition) is 2. The summed E-state index contributed by atoms with van der Waals surface area (Å²) in [6.45, 7) is 10.3. The molecule has 1 aromatic carbocycles. The molecule has 2 heterocycles. The first kappa shape index (κ1) is 23.2. The maximum absolute atomic E-state index is 12.7. The fourth-order valence-electron chi connectivity index (χ4n) is 3.26. The van der Waals surface area contributed by atoms with Crippen molar-refractivity contribution in [2.24, 2.45) is 11.8 Å². The zero-order valence-corrected chi connectivity index (χ0v) is 17.2. The van der Waals surface area contributed by atoms with Gasteiger partial charge in [-0.15, -0.1) is 24.8 Å². The number of halogens is 2. The lowest BCUT2D eigenvalue weighted by Gasteiger charge is -2.34. The van der Waals surface area contributed by atoms with Gasteiger partial charge in [-0.3, -0.25) is 9.69 Å². The Balaban J connectivity index is 0.00000169. The molecule has 0 radical (unpaired) electrons. The second-order valence-corrected chi connectivity index (χ2v) is 7.09. The number of nitrogens with zero attached hydrogens (tertiary/aromatic N) is 1. The van der Waals surface area contributed by atoms with Crippen molar-refractivity contribution in [3.63, 3.8) is 0 Å². The Morgan fingerprint density at radius 2 is 1.85 bits per heavy atom. The van der Waals surface area contributed by atoms with Gasteiger partial charge < -0.3 is 15.4 Å². The molecule has 0 aromatic heterocycles. The highest BCUT2D eigenvalue weighted by molar-refractivity contribution is 5.85. The summed E-state index contributed by atoms with van der Waals surface area (Å²) in [5.41, 5.74) is 2.42. The molecular weight excluding hydrogens is 373 g/mol. The number of benzene rings is 1. The standard InChI is InChI=1S/C19H29N3O2.2ClH/c1-14-3-5-16(6-4-14)18(13-22-7-9-24-10-8-22)21-19(23)15(2)17-11-20-12-17;;/h3-6,15,17-18,20H,7-13H2,1-2H3,(H,21,23);2*1H. The number of aryl methyl sites for hydroxylation is 1. The van der Waals surface area contributed by atoms with Crippen molar-refractivity contribution in [2.75, 3.05) is 45.9 Å². The van der Waals surface area contributed by atoms with Crippen molar-refractivity contribution in [2.45, 2.75) is 19.9 Å². The molecule has 5 nitrogen and oxygen atoms in total. The van der Waals surface area contributed by atoms with Gasteiger partial charge in [-0.05, 0) is 31.5 Å². The molecule has 0 saturated carbocycles. The van der Waals surface area contributed by atoms with Gasteiger partial charge in [-0.25, -0.2) is 0 Å². The minimum atomic E-state index is 0. The normalized spacial score (nSPS) is 20.1. The van der Waals surface area contributed by atoms with Crippen molar-refractivity contribution in [3.8, 4) is 0 Å². The van der Waals surface area contributed by atoms with E-state index in [4.69, 9.17) is 4.74 Å². The summed E-state index contributed by atoms with van der Waals surface area (Å²) < 4.78 is 5.44. The quantitative estimate of drug-likeness (QED) is 0.763. The van der Waals surface area contributed by atoms with Gasteiger partial charge in [0.15, 0.2) is 0 Å². The number of rotatable bonds is 6. The van der Waals surface area contributed by atoms with E-state index in [1.807, 2.05) is 6.92 Å². The fourth-order valence-corrected chi connectivity index (χ4v) is 3.26. The van der Waals surface area contributed by atoms with Crippen LogP contribution in [0.3, 0.4) is 0 Å². The minimum Gasteiger partial charge on any atom is -0.379 e. The first-order valence-corrected chi connectivity index (χ1v) is 9.01. The van der Waals surface area contributed by atoms with E-state index in [9.17, 15) is 4.79 Å². The summed E-state index contributed by atoms with van der Waals surface area (Å²) in [4.78, 5) is 15.1. The van der Waals surface area contributed by atoms with Gasteiger partial charge in [0.1, 0.15) is 0 Å². The third kappa shape index (κ3) is 6.10. The number of nitrogens with one attached hydrogen (secondary N) is 2. The lowest BCUT2D eigenvalue weighted by Crippen LogP contribution is -2.51. The molecule has 148 valence electrons. The molecule has 2 unspecified atom stereocenters. The SMILES string of the molecule is Cc1ccc(C(CN2CCOCC2)NC(=O)C(C)C2CNC2)cc1.Cl.Cl. The molecule has 0 spiro atoms. The van der Waals surface area contributed by atoms with Gasteiger partial charge in [0.05, 0.1) is 19.3 Å². The monoisotopic (exact) mass is 403 g/mol. The molecule has 2 aliphatic rings. The van der Waals surface area contributed by atoms with Gasteiger partial charge in [0.2, 0.25) is 5.91 Å². The predicted octanol–water partition coefficient (Wildman–Crippen LogP) is 2.18. The van der Waals surface area contributed by atoms with Crippen LogP contribution in [-0.2, 0) is 9.53 Å². The van der Waals surface area contributed by atoms with E-state index in [1.165, 1.54) is 11.1 Å². The summed E-state index contributed by atoms with van der Waals surface area (Å²) in [7, 11) is 0. The van der Waals surface area contributed by atoms with E-state index in [1.54, 1.807) is 0 Å². The lowest BCUT2D eigenvalue weighted by molar-refractivity contribution is -0.127. The zero-order chi connectivity index (χ0) is 16.9. The second kappa shape index (κ2) is 11.1. The van der Waals surface area contributed by atoms with E-state index in [2.05, 4.69) is 46.7 Å². The van der Waals surface area contributed by atoms with Crippen molar-refractivity contribution in [1.29, 1.82) is 0 Å².